The van der Waals surface area contributed by atoms with E-state index in [0.717, 1.165) is 36.5 Å². The summed E-state index contributed by atoms with van der Waals surface area (Å²) in [4.78, 5) is 25.2. The highest BCUT2D eigenvalue weighted by molar-refractivity contribution is 6.01. The predicted octanol–water partition coefficient (Wildman–Crippen LogP) is 7.34. The molecule has 0 radical (unpaired) electrons. The van der Waals surface area contributed by atoms with Gasteiger partial charge in [-0.3, -0.25) is 9.59 Å². The summed E-state index contributed by atoms with van der Waals surface area (Å²) >= 11 is 0. The van der Waals surface area contributed by atoms with Crippen molar-refractivity contribution in [1.29, 1.82) is 0 Å². The number of hydrogen-bond donors (Lipinski definition) is 0. The average Bonchev–Trinajstić information content (AvgIpc) is 3.07. The Morgan fingerprint density at radius 1 is 1.06 bits per heavy atom. The van der Waals surface area contributed by atoms with Gasteiger partial charge in [-0.1, -0.05) is 53.9 Å². The smallest absolute Gasteiger partial charge is 0.308 e. The molecule has 8 atom stereocenters. The van der Waals surface area contributed by atoms with Gasteiger partial charge < -0.3 is 4.74 Å². The Kier molecular flexibility index (Phi) is 6.69. The van der Waals surface area contributed by atoms with Crippen LogP contribution in [0.1, 0.15) is 106 Å². The first-order valence-electron chi connectivity index (χ1n) is 13.5. The van der Waals surface area contributed by atoms with E-state index in [9.17, 15) is 9.59 Å². The fourth-order valence-corrected chi connectivity index (χ4v) is 9.02. The summed E-state index contributed by atoms with van der Waals surface area (Å²) in [6.07, 6.45) is 14.4. The normalized spacial score (nSPS) is 42.0. The molecule has 4 aliphatic carbocycles. The minimum Gasteiger partial charge on any atom is -0.423 e. The van der Waals surface area contributed by atoms with Crippen LogP contribution in [0.25, 0.3) is 0 Å². The number of allylic oxidation sites excluding steroid dienone is 2. The third-order valence-corrected chi connectivity index (χ3v) is 10.7. The fraction of sp³-hybridized carbons (Fsp3) is 0.862. The molecule has 0 aliphatic heterocycles. The van der Waals surface area contributed by atoms with Crippen LogP contribution in [-0.4, -0.2) is 11.8 Å². The van der Waals surface area contributed by atoms with E-state index in [1.807, 2.05) is 6.08 Å². The van der Waals surface area contributed by atoms with Crippen molar-refractivity contribution >= 4 is 11.8 Å². The zero-order valence-corrected chi connectivity index (χ0v) is 21.4. The fourth-order valence-electron chi connectivity index (χ4n) is 9.02. The lowest BCUT2D eigenvalue weighted by Gasteiger charge is -2.59. The number of hydrogen-bond acceptors (Lipinski definition) is 3. The van der Waals surface area contributed by atoms with Gasteiger partial charge in [-0.25, -0.2) is 0 Å². The summed E-state index contributed by atoms with van der Waals surface area (Å²) in [5.74, 6) is 4.78. The maximum Gasteiger partial charge on any atom is 0.308 e. The van der Waals surface area contributed by atoms with Crippen LogP contribution in [0.2, 0.25) is 0 Å². The number of fused-ring (bicyclic) bond motifs is 5. The highest BCUT2D eigenvalue weighted by atomic mass is 16.5. The molecule has 3 heteroatoms. The lowest BCUT2D eigenvalue weighted by atomic mass is 9.44. The van der Waals surface area contributed by atoms with Crippen molar-refractivity contribution in [3.63, 3.8) is 0 Å². The molecule has 0 bridgehead atoms. The SMILES string of the molecule is CC(=O)OC1=CCC2CC[C@H]3[C@@H]4CC[C@H]([C@H](C)CCCC(C)C)[C@@]4(C)CC[C@@H]3[C@@]2(C)C1=O. The second kappa shape index (κ2) is 8.91. The quantitative estimate of drug-likeness (QED) is 0.404. The first-order chi connectivity index (χ1) is 15.1. The van der Waals surface area contributed by atoms with Crippen LogP contribution in [0, 0.1) is 52.3 Å². The Morgan fingerprint density at radius 2 is 1.81 bits per heavy atom. The van der Waals surface area contributed by atoms with Crippen LogP contribution < -0.4 is 0 Å². The maximum atomic E-state index is 13.6. The summed E-state index contributed by atoms with van der Waals surface area (Å²) in [5.41, 5.74) is 0.0820. The topological polar surface area (TPSA) is 43.4 Å². The van der Waals surface area contributed by atoms with Crippen molar-refractivity contribution in [1.82, 2.24) is 0 Å². The molecule has 180 valence electrons. The third kappa shape index (κ3) is 3.90. The molecule has 3 fully saturated rings. The zero-order valence-electron chi connectivity index (χ0n) is 21.4. The van der Waals surface area contributed by atoms with Crippen LogP contribution in [-0.2, 0) is 14.3 Å². The van der Waals surface area contributed by atoms with E-state index >= 15 is 0 Å². The van der Waals surface area contributed by atoms with Gasteiger partial charge in [0.05, 0.1) is 0 Å². The van der Waals surface area contributed by atoms with Gasteiger partial charge in [-0.2, -0.15) is 0 Å². The molecular weight excluding hydrogens is 396 g/mol. The Hall–Kier alpha value is -1.12. The molecule has 4 aliphatic rings. The number of Topliss-reactive ketones (excluding diaryl/α,β-unsaturated/α-hetero) is 1. The molecule has 0 N–H and O–H groups in total. The van der Waals surface area contributed by atoms with Gasteiger partial charge in [-0.15, -0.1) is 0 Å². The number of ether oxygens (including phenoxy) is 1. The van der Waals surface area contributed by atoms with Gasteiger partial charge in [0.15, 0.2) is 5.76 Å². The van der Waals surface area contributed by atoms with E-state index in [-0.39, 0.29) is 17.2 Å². The Morgan fingerprint density at radius 3 is 2.50 bits per heavy atom. The van der Waals surface area contributed by atoms with E-state index in [4.69, 9.17) is 4.74 Å². The van der Waals surface area contributed by atoms with Gasteiger partial charge in [-0.05, 0) is 97.9 Å². The standard InChI is InChI=1S/C29H46O3/c1-18(2)8-7-9-19(3)23-13-14-24-22-12-10-21-11-15-26(32-20(4)30)27(31)29(21,6)25(22)16-17-28(23,24)5/h15,18-19,21-25H,7-14,16-17H2,1-6H3/t19-,21?,22+,23-,24+,25+,28-,29+/m1/s1. The van der Waals surface area contributed by atoms with E-state index in [0.29, 0.717) is 28.9 Å². The van der Waals surface area contributed by atoms with Gasteiger partial charge in [0.1, 0.15) is 0 Å². The number of carbonyl (C=O) groups is 2. The molecule has 4 rings (SSSR count). The van der Waals surface area contributed by atoms with Crippen LogP contribution in [0.5, 0.6) is 0 Å². The maximum absolute atomic E-state index is 13.6. The van der Waals surface area contributed by atoms with Crippen molar-refractivity contribution in [3.05, 3.63) is 11.8 Å². The van der Waals surface area contributed by atoms with Crippen molar-refractivity contribution in [2.24, 2.45) is 52.3 Å². The molecule has 0 aromatic heterocycles. The molecule has 3 nitrogen and oxygen atoms in total. The average molecular weight is 443 g/mol. The molecule has 0 heterocycles. The Bertz CT molecular complexity index is 766. The summed E-state index contributed by atoms with van der Waals surface area (Å²) in [7, 11) is 0. The molecule has 32 heavy (non-hydrogen) atoms. The highest BCUT2D eigenvalue weighted by Gasteiger charge is 2.62. The van der Waals surface area contributed by atoms with Crippen molar-refractivity contribution in [3.8, 4) is 0 Å². The lowest BCUT2D eigenvalue weighted by molar-refractivity contribution is -0.156. The summed E-state index contributed by atoms with van der Waals surface area (Å²) in [6, 6.07) is 0. The summed E-state index contributed by atoms with van der Waals surface area (Å²) < 4.78 is 5.38. The van der Waals surface area contributed by atoms with Gasteiger partial charge in [0, 0.05) is 12.3 Å². The third-order valence-electron chi connectivity index (χ3n) is 10.7. The second-order valence-electron chi connectivity index (χ2n) is 12.7. The number of rotatable bonds is 6. The second-order valence-corrected chi connectivity index (χ2v) is 12.7. The molecule has 0 aromatic carbocycles. The van der Waals surface area contributed by atoms with Crippen molar-refractivity contribution in [2.75, 3.05) is 0 Å². The van der Waals surface area contributed by atoms with Crippen LogP contribution >= 0.6 is 0 Å². The molecule has 0 spiro atoms. The Balaban J connectivity index is 1.52. The summed E-state index contributed by atoms with van der Waals surface area (Å²) in [5, 5.41) is 0. The lowest BCUT2D eigenvalue weighted by Crippen LogP contribution is -2.56. The van der Waals surface area contributed by atoms with Crippen LogP contribution in [0.15, 0.2) is 11.8 Å². The van der Waals surface area contributed by atoms with E-state index in [1.165, 1.54) is 58.3 Å². The molecule has 3 saturated carbocycles. The molecule has 1 unspecified atom stereocenters. The van der Waals surface area contributed by atoms with E-state index in [2.05, 4.69) is 34.6 Å². The summed E-state index contributed by atoms with van der Waals surface area (Å²) in [6.45, 7) is 13.4. The van der Waals surface area contributed by atoms with Crippen LogP contribution in [0.3, 0.4) is 0 Å². The monoisotopic (exact) mass is 442 g/mol. The first kappa shape index (κ1) is 24.0. The molecular formula is C29H46O3. The number of carbonyl (C=O) groups excluding carboxylic acids is 2. The molecule has 0 aromatic rings. The minimum absolute atomic E-state index is 0.110. The molecule has 0 saturated heterocycles. The van der Waals surface area contributed by atoms with Crippen LogP contribution in [0.4, 0.5) is 0 Å². The van der Waals surface area contributed by atoms with Gasteiger partial charge >= 0.3 is 5.97 Å². The van der Waals surface area contributed by atoms with Gasteiger partial charge in [0.2, 0.25) is 5.78 Å². The highest BCUT2D eigenvalue weighted by Crippen LogP contribution is 2.67. The minimum atomic E-state index is -0.375. The van der Waals surface area contributed by atoms with Crippen molar-refractivity contribution in [2.45, 2.75) is 106 Å². The van der Waals surface area contributed by atoms with Gasteiger partial charge in [0.25, 0.3) is 0 Å². The van der Waals surface area contributed by atoms with Crippen molar-refractivity contribution < 1.29 is 14.3 Å². The van der Waals surface area contributed by atoms with E-state index in [1.54, 1.807) is 0 Å². The Labute approximate surface area is 196 Å². The largest absolute Gasteiger partial charge is 0.423 e. The zero-order chi connectivity index (χ0) is 23.3. The predicted molar refractivity (Wildman–Crippen MR) is 129 cm³/mol. The van der Waals surface area contributed by atoms with E-state index < -0.39 is 0 Å². The first-order valence-corrected chi connectivity index (χ1v) is 13.5. The number of ketones is 1. The molecule has 0 amide bonds. The number of esters is 1.